The largest absolute Gasteiger partial charge is 0.466 e. The molecule has 36 heavy (non-hydrogen) atoms. The molecule has 4 rings (SSSR count). The van der Waals surface area contributed by atoms with Crippen LogP contribution in [0.4, 0.5) is 0 Å². The van der Waals surface area contributed by atoms with Gasteiger partial charge in [0.1, 0.15) is 19.0 Å². The fraction of sp³-hybridized carbons (Fsp3) is 0.741. The van der Waals surface area contributed by atoms with E-state index in [0.29, 0.717) is 13.2 Å². The van der Waals surface area contributed by atoms with Crippen LogP contribution in [-0.4, -0.2) is 72.6 Å². The van der Waals surface area contributed by atoms with E-state index in [1.165, 1.54) is 0 Å². The summed E-state index contributed by atoms with van der Waals surface area (Å²) in [5, 5.41) is -0.0226. The monoisotopic (exact) mass is 524 g/mol. The number of ether oxygens (including phenoxy) is 6. The Morgan fingerprint density at radius 2 is 1.72 bits per heavy atom. The number of rotatable bonds is 12. The second kappa shape index (κ2) is 12.5. The molecule has 1 aromatic carbocycles. The van der Waals surface area contributed by atoms with Crippen LogP contribution in [0.3, 0.4) is 0 Å². The van der Waals surface area contributed by atoms with Crippen LogP contribution in [-0.2, 0) is 44.2 Å². The third-order valence-electron chi connectivity index (χ3n) is 7.71. The van der Waals surface area contributed by atoms with E-state index in [1.54, 1.807) is 14.2 Å². The second-order valence-corrected chi connectivity index (χ2v) is 15.9. The fourth-order valence-corrected chi connectivity index (χ4v) is 6.26. The van der Waals surface area contributed by atoms with E-state index in [-0.39, 0.29) is 42.2 Å². The van der Waals surface area contributed by atoms with Gasteiger partial charge in [-0.2, -0.15) is 0 Å². The molecule has 7 atom stereocenters. The Bertz CT molecular complexity index is 827. The first-order chi connectivity index (χ1) is 17.0. The lowest BCUT2D eigenvalue weighted by Crippen LogP contribution is -2.71. The van der Waals surface area contributed by atoms with Gasteiger partial charge in [0.05, 0.1) is 31.8 Å². The lowest BCUT2D eigenvalue weighted by atomic mass is 9.68. The smallest absolute Gasteiger partial charge is 0.306 e. The lowest BCUT2D eigenvalue weighted by Gasteiger charge is -2.59. The van der Waals surface area contributed by atoms with E-state index in [9.17, 15) is 4.79 Å². The minimum absolute atomic E-state index is 0.0226. The normalized spacial score (nSPS) is 30.4. The quantitative estimate of drug-likeness (QED) is 0.224. The molecule has 0 aromatic heterocycles. The van der Waals surface area contributed by atoms with Crippen LogP contribution in [0.25, 0.3) is 0 Å². The van der Waals surface area contributed by atoms with Gasteiger partial charge in [-0.25, -0.2) is 0 Å². The second-order valence-electron chi connectivity index (χ2n) is 11.1. The molecule has 1 saturated carbocycles. The molecule has 0 radical (unpaired) electrons. The van der Waals surface area contributed by atoms with Crippen molar-refractivity contribution >= 4 is 14.3 Å². The molecule has 9 heteroatoms. The standard InChI is InChI=1S/C27H44O8Si/c1-9-31-20(28)15-19-21-23(33-17-29-5)24(32-16-18-13-11-10-12-14-18)25(34-26(21)30-6)22(19)35-36(7,8)27(2,3)4/h10-14,19,21-26H,9,15-17H2,1-8H3/t19?,21-,22+,23-,24+,25-,26+/m1/s1. The predicted molar refractivity (Wildman–Crippen MR) is 138 cm³/mol. The zero-order valence-corrected chi connectivity index (χ0v) is 24.0. The summed E-state index contributed by atoms with van der Waals surface area (Å²) in [4.78, 5) is 12.8. The zero-order chi connectivity index (χ0) is 26.5. The van der Waals surface area contributed by atoms with Crippen LogP contribution in [0.5, 0.6) is 0 Å². The van der Waals surface area contributed by atoms with Crippen molar-refractivity contribution < 1.29 is 37.6 Å². The van der Waals surface area contributed by atoms with E-state index in [4.69, 9.17) is 32.8 Å². The van der Waals surface area contributed by atoms with Gasteiger partial charge in [0.15, 0.2) is 14.6 Å². The van der Waals surface area contributed by atoms with Gasteiger partial charge in [0.25, 0.3) is 0 Å². The van der Waals surface area contributed by atoms with Crippen molar-refractivity contribution in [2.75, 3.05) is 27.6 Å². The number of benzene rings is 1. The Morgan fingerprint density at radius 1 is 1.03 bits per heavy atom. The van der Waals surface area contributed by atoms with Crippen molar-refractivity contribution in [3.8, 4) is 0 Å². The van der Waals surface area contributed by atoms with Gasteiger partial charge >= 0.3 is 5.97 Å². The maximum Gasteiger partial charge on any atom is 0.306 e. The summed E-state index contributed by atoms with van der Waals surface area (Å²) in [6, 6.07) is 10.0. The summed E-state index contributed by atoms with van der Waals surface area (Å²) in [5.41, 5.74) is 1.05. The van der Waals surface area contributed by atoms with E-state index in [1.807, 2.05) is 37.3 Å². The molecule has 0 spiro atoms. The first-order valence-electron chi connectivity index (χ1n) is 12.8. The fourth-order valence-electron chi connectivity index (χ4n) is 4.91. The molecule has 2 bridgehead atoms. The highest BCUT2D eigenvalue weighted by atomic mass is 28.4. The van der Waals surface area contributed by atoms with Crippen LogP contribution >= 0.6 is 0 Å². The minimum Gasteiger partial charge on any atom is -0.466 e. The number of fused-ring (bicyclic) bond motifs is 3. The molecule has 204 valence electrons. The Morgan fingerprint density at radius 3 is 2.31 bits per heavy atom. The zero-order valence-electron chi connectivity index (χ0n) is 23.0. The molecule has 3 aliphatic rings. The highest BCUT2D eigenvalue weighted by molar-refractivity contribution is 6.74. The van der Waals surface area contributed by atoms with Crippen LogP contribution in [0.2, 0.25) is 18.1 Å². The van der Waals surface area contributed by atoms with Gasteiger partial charge in [-0.3, -0.25) is 4.79 Å². The summed E-state index contributed by atoms with van der Waals surface area (Å²) < 4.78 is 42.5. The highest BCUT2D eigenvalue weighted by Crippen LogP contribution is 2.50. The number of carbonyl (C=O) groups excluding carboxylic acids is 1. The molecular weight excluding hydrogens is 480 g/mol. The van der Waals surface area contributed by atoms with Gasteiger partial charge in [-0.1, -0.05) is 51.1 Å². The van der Waals surface area contributed by atoms with Gasteiger partial charge in [0, 0.05) is 26.1 Å². The van der Waals surface area contributed by atoms with E-state index in [2.05, 4.69) is 33.9 Å². The summed E-state index contributed by atoms with van der Waals surface area (Å²) >= 11 is 0. The van der Waals surface area contributed by atoms with Crippen molar-refractivity contribution in [2.45, 2.75) is 89.6 Å². The predicted octanol–water partition coefficient (Wildman–Crippen LogP) is 4.52. The summed E-state index contributed by atoms with van der Waals surface area (Å²) in [7, 11) is 0.972. The van der Waals surface area contributed by atoms with Crippen molar-refractivity contribution in [1.29, 1.82) is 0 Å². The van der Waals surface area contributed by atoms with Crippen molar-refractivity contribution in [1.82, 2.24) is 0 Å². The van der Waals surface area contributed by atoms with E-state index < -0.39 is 32.9 Å². The summed E-state index contributed by atoms with van der Waals surface area (Å²) in [6.07, 6.45) is -2.06. The molecule has 0 N–H and O–H groups in total. The van der Waals surface area contributed by atoms with E-state index in [0.717, 1.165) is 5.56 Å². The number of hydrogen-bond donors (Lipinski definition) is 0. The molecule has 2 heterocycles. The first kappa shape index (κ1) is 29.2. The van der Waals surface area contributed by atoms with Gasteiger partial charge in [0.2, 0.25) is 0 Å². The summed E-state index contributed by atoms with van der Waals surface area (Å²) in [6.45, 7) is 13.7. The molecule has 8 nitrogen and oxygen atoms in total. The first-order valence-corrected chi connectivity index (χ1v) is 15.7. The van der Waals surface area contributed by atoms with Crippen molar-refractivity contribution in [2.24, 2.45) is 11.8 Å². The molecule has 2 aliphatic heterocycles. The SMILES string of the molecule is CCOC(=O)CC1[C@H]2[C@@H](OC)O[C@@H]([C@@H](OCc3ccccc3)[C@@H]2OCOC)[C@H]1O[Si](C)(C)C(C)(C)C. The number of hydrogen-bond acceptors (Lipinski definition) is 8. The highest BCUT2D eigenvalue weighted by Gasteiger charge is 2.63. The van der Waals surface area contributed by atoms with Crippen LogP contribution in [0.1, 0.15) is 39.7 Å². The minimum atomic E-state index is -2.23. The molecule has 1 aromatic rings. The topological polar surface area (TPSA) is 81.7 Å². The number of esters is 1. The van der Waals surface area contributed by atoms with Gasteiger partial charge in [-0.15, -0.1) is 0 Å². The average Bonchev–Trinajstić information content (AvgIpc) is 2.83. The van der Waals surface area contributed by atoms with E-state index >= 15 is 0 Å². The van der Waals surface area contributed by atoms with Crippen LogP contribution in [0, 0.1) is 11.8 Å². The Kier molecular flexibility index (Phi) is 10.1. The maximum absolute atomic E-state index is 12.8. The third-order valence-corrected chi connectivity index (χ3v) is 12.2. The van der Waals surface area contributed by atoms with Gasteiger partial charge < -0.3 is 32.8 Å². The molecule has 2 saturated heterocycles. The molecular formula is C27H44O8Si. The maximum atomic E-state index is 12.8. The van der Waals surface area contributed by atoms with Crippen molar-refractivity contribution in [3.63, 3.8) is 0 Å². The third kappa shape index (κ3) is 6.56. The lowest BCUT2D eigenvalue weighted by molar-refractivity contribution is -0.358. The number of carbonyl (C=O) groups is 1. The number of methoxy groups -OCH3 is 2. The Balaban J connectivity index is 1.99. The Hall–Kier alpha value is -1.33. The molecule has 1 aliphatic carbocycles. The molecule has 1 unspecified atom stereocenters. The molecule has 0 amide bonds. The summed E-state index contributed by atoms with van der Waals surface area (Å²) in [5.74, 6) is -0.795. The average molecular weight is 525 g/mol. The van der Waals surface area contributed by atoms with Crippen LogP contribution in [0.15, 0.2) is 30.3 Å². The van der Waals surface area contributed by atoms with Gasteiger partial charge in [-0.05, 0) is 30.6 Å². The molecule has 3 fully saturated rings. The Labute approximate surface area is 217 Å². The van der Waals surface area contributed by atoms with Crippen molar-refractivity contribution in [3.05, 3.63) is 35.9 Å². The van der Waals surface area contributed by atoms with Crippen LogP contribution < -0.4 is 0 Å².